The molecule has 0 saturated heterocycles. The van der Waals surface area contributed by atoms with E-state index in [9.17, 15) is 4.39 Å². The topological polar surface area (TPSA) is 15.3 Å². The summed E-state index contributed by atoms with van der Waals surface area (Å²) in [5, 5.41) is 3.69. The van der Waals surface area contributed by atoms with Crippen molar-refractivity contribution in [2.45, 2.75) is 51.6 Å². The summed E-state index contributed by atoms with van der Waals surface area (Å²) in [6.45, 7) is 6.34. The van der Waals surface area contributed by atoms with Gasteiger partial charge >= 0.3 is 0 Å². The highest BCUT2D eigenvalue weighted by Gasteiger charge is 2.21. The summed E-state index contributed by atoms with van der Waals surface area (Å²) in [6, 6.07) is 7.85. The zero-order valence-electron chi connectivity index (χ0n) is 13.6. The first-order valence-electron chi connectivity index (χ1n) is 8.27. The van der Waals surface area contributed by atoms with Gasteiger partial charge in [0.1, 0.15) is 5.82 Å². The zero-order chi connectivity index (χ0) is 15.2. The third-order valence-electron chi connectivity index (χ3n) is 5.00. The molecule has 1 fully saturated rings. The molecule has 21 heavy (non-hydrogen) atoms. The van der Waals surface area contributed by atoms with Gasteiger partial charge < -0.3 is 5.32 Å². The molecule has 3 heteroatoms. The number of hydrogen-bond donors (Lipinski definition) is 1. The summed E-state index contributed by atoms with van der Waals surface area (Å²) in [7, 11) is 2.07. The Hall–Kier alpha value is -0.930. The van der Waals surface area contributed by atoms with Gasteiger partial charge in [-0.05, 0) is 38.8 Å². The maximum absolute atomic E-state index is 13.8. The van der Waals surface area contributed by atoms with Crippen LogP contribution < -0.4 is 5.32 Å². The Morgan fingerprint density at radius 1 is 1.29 bits per heavy atom. The molecule has 1 saturated carbocycles. The molecule has 0 heterocycles. The fourth-order valence-corrected chi connectivity index (χ4v) is 3.29. The van der Waals surface area contributed by atoms with E-state index in [0.717, 1.165) is 24.6 Å². The van der Waals surface area contributed by atoms with Crippen molar-refractivity contribution in [2.75, 3.05) is 20.1 Å². The Balaban J connectivity index is 1.79. The van der Waals surface area contributed by atoms with Crippen molar-refractivity contribution in [3.8, 4) is 0 Å². The highest BCUT2D eigenvalue weighted by atomic mass is 19.1. The van der Waals surface area contributed by atoms with Crippen molar-refractivity contribution < 1.29 is 4.39 Å². The molecule has 0 spiro atoms. The zero-order valence-corrected chi connectivity index (χ0v) is 13.6. The van der Waals surface area contributed by atoms with Crippen LogP contribution in [0.3, 0.4) is 0 Å². The SMILES string of the molecule is CC1CCCCC1NCCN(C)C(C)c1ccccc1F. The molecular weight excluding hydrogens is 263 g/mol. The molecule has 1 aliphatic rings. The van der Waals surface area contributed by atoms with Crippen molar-refractivity contribution in [2.24, 2.45) is 5.92 Å². The van der Waals surface area contributed by atoms with Gasteiger partial charge in [-0.15, -0.1) is 0 Å². The molecule has 0 amide bonds. The van der Waals surface area contributed by atoms with Crippen LogP contribution >= 0.6 is 0 Å². The molecule has 0 aromatic heterocycles. The summed E-state index contributed by atoms with van der Waals surface area (Å²) < 4.78 is 13.8. The minimum Gasteiger partial charge on any atom is -0.312 e. The molecule has 1 aromatic carbocycles. The van der Waals surface area contributed by atoms with Crippen LogP contribution in [-0.2, 0) is 0 Å². The van der Waals surface area contributed by atoms with Crippen LogP contribution in [0.15, 0.2) is 24.3 Å². The van der Waals surface area contributed by atoms with E-state index in [4.69, 9.17) is 0 Å². The molecule has 0 aliphatic heterocycles. The van der Waals surface area contributed by atoms with Crippen LogP contribution in [0.25, 0.3) is 0 Å². The lowest BCUT2D eigenvalue weighted by atomic mass is 9.86. The predicted octanol–water partition coefficient (Wildman–Crippen LogP) is 3.99. The molecule has 3 unspecified atom stereocenters. The average Bonchev–Trinajstić information content (AvgIpc) is 2.49. The van der Waals surface area contributed by atoms with Gasteiger partial charge in [-0.25, -0.2) is 4.39 Å². The Kier molecular flexibility index (Phi) is 6.19. The fourth-order valence-electron chi connectivity index (χ4n) is 3.29. The number of rotatable bonds is 6. The number of nitrogens with one attached hydrogen (secondary N) is 1. The maximum Gasteiger partial charge on any atom is 0.127 e. The van der Waals surface area contributed by atoms with Gasteiger partial charge in [-0.2, -0.15) is 0 Å². The first-order chi connectivity index (χ1) is 10.1. The van der Waals surface area contributed by atoms with E-state index in [2.05, 4.69) is 31.1 Å². The first-order valence-corrected chi connectivity index (χ1v) is 8.27. The van der Waals surface area contributed by atoms with Gasteiger partial charge in [-0.1, -0.05) is 38.0 Å². The molecule has 3 atom stereocenters. The molecular formula is C18H29FN2. The second-order valence-corrected chi connectivity index (χ2v) is 6.50. The third-order valence-corrected chi connectivity index (χ3v) is 5.00. The van der Waals surface area contributed by atoms with Crippen molar-refractivity contribution >= 4 is 0 Å². The van der Waals surface area contributed by atoms with E-state index in [0.29, 0.717) is 6.04 Å². The van der Waals surface area contributed by atoms with Gasteiger partial charge in [0, 0.05) is 30.7 Å². The minimum atomic E-state index is -0.106. The molecule has 2 rings (SSSR count). The predicted molar refractivity (Wildman–Crippen MR) is 86.9 cm³/mol. The van der Waals surface area contributed by atoms with E-state index in [1.54, 1.807) is 12.1 Å². The molecule has 0 radical (unpaired) electrons. The Bertz CT molecular complexity index is 435. The van der Waals surface area contributed by atoms with Crippen LogP contribution in [0.2, 0.25) is 0 Å². The Morgan fingerprint density at radius 3 is 2.71 bits per heavy atom. The lowest BCUT2D eigenvalue weighted by molar-refractivity contribution is 0.231. The van der Waals surface area contributed by atoms with Crippen LogP contribution in [0, 0.1) is 11.7 Å². The van der Waals surface area contributed by atoms with E-state index < -0.39 is 0 Å². The molecule has 1 aromatic rings. The third kappa shape index (κ3) is 4.52. The van der Waals surface area contributed by atoms with Gasteiger partial charge in [0.15, 0.2) is 0 Å². The molecule has 2 nitrogen and oxygen atoms in total. The van der Waals surface area contributed by atoms with E-state index in [-0.39, 0.29) is 11.9 Å². The van der Waals surface area contributed by atoms with E-state index >= 15 is 0 Å². The Labute approximate surface area is 128 Å². The van der Waals surface area contributed by atoms with E-state index in [1.165, 1.54) is 25.7 Å². The summed E-state index contributed by atoms with van der Waals surface area (Å²) in [6.07, 6.45) is 5.37. The van der Waals surface area contributed by atoms with Crippen LogP contribution in [0.4, 0.5) is 4.39 Å². The summed E-state index contributed by atoms with van der Waals surface area (Å²) in [5.41, 5.74) is 0.783. The quantitative estimate of drug-likeness (QED) is 0.853. The van der Waals surface area contributed by atoms with Crippen molar-refractivity contribution in [3.05, 3.63) is 35.6 Å². The normalized spacial score (nSPS) is 24.2. The number of nitrogens with zero attached hydrogens (tertiary/aromatic N) is 1. The highest BCUT2D eigenvalue weighted by Crippen LogP contribution is 2.24. The molecule has 118 valence electrons. The number of likely N-dealkylation sites (N-methyl/N-ethyl adjacent to an activating group) is 1. The number of hydrogen-bond acceptors (Lipinski definition) is 2. The lowest BCUT2D eigenvalue weighted by Crippen LogP contribution is -2.41. The van der Waals surface area contributed by atoms with Crippen LogP contribution in [0.1, 0.15) is 51.1 Å². The van der Waals surface area contributed by atoms with Crippen LogP contribution in [0.5, 0.6) is 0 Å². The number of benzene rings is 1. The second kappa shape index (κ2) is 7.90. The highest BCUT2D eigenvalue weighted by molar-refractivity contribution is 5.20. The van der Waals surface area contributed by atoms with Crippen molar-refractivity contribution in [1.29, 1.82) is 0 Å². The largest absolute Gasteiger partial charge is 0.312 e. The van der Waals surface area contributed by atoms with Gasteiger partial charge in [0.25, 0.3) is 0 Å². The second-order valence-electron chi connectivity index (χ2n) is 6.50. The van der Waals surface area contributed by atoms with Gasteiger partial charge in [0.2, 0.25) is 0 Å². The summed E-state index contributed by atoms with van der Waals surface area (Å²) in [5.74, 6) is 0.679. The molecule has 0 bridgehead atoms. The maximum atomic E-state index is 13.8. The van der Waals surface area contributed by atoms with Crippen molar-refractivity contribution in [3.63, 3.8) is 0 Å². The molecule has 1 N–H and O–H groups in total. The Morgan fingerprint density at radius 2 is 2.00 bits per heavy atom. The minimum absolute atomic E-state index is 0.106. The summed E-state index contributed by atoms with van der Waals surface area (Å²) >= 11 is 0. The van der Waals surface area contributed by atoms with E-state index in [1.807, 2.05) is 12.1 Å². The average molecular weight is 292 g/mol. The fraction of sp³-hybridized carbons (Fsp3) is 0.667. The smallest absolute Gasteiger partial charge is 0.127 e. The van der Waals surface area contributed by atoms with Gasteiger partial charge in [-0.3, -0.25) is 4.90 Å². The van der Waals surface area contributed by atoms with Crippen LogP contribution in [-0.4, -0.2) is 31.1 Å². The van der Waals surface area contributed by atoms with Crippen molar-refractivity contribution in [1.82, 2.24) is 10.2 Å². The molecule has 1 aliphatic carbocycles. The number of halogens is 1. The summed E-state index contributed by atoms with van der Waals surface area (Å²) in [4.78, 5) is 2.22. The standard InChI is InChI=1S/C18H29FN2/c1-14-8-4-7-11-18(14)20-12-13-21(3)15(2)16-9-5-6-10-17(16)19/h5-6,9-10,14-15,18,20H,4,7-8,11-13H2,1-3H3. The first kappa shape index (κ1) is 16.4. The lowest BCUT2D eigenvalue weighted by Gasteiger charge is -2.31. The van der Waals surface area contributed by atoms with Gasteiger partial charge in [0.05, 0.1) is 0 Å². The monoisotopic (exact) mass is 292 g/mol.